The fraction of sp³-hybridized carbons (Fsp3) is 0. The molecule has 0 spiro atoms. The normalized spacial score (nSPS) is 9.35. The van der Waals surface area contributed by atoms with Crippen LogP contribution in [0.25, 0.3) is 0 Å². The molecule has 3 heteroatoms. The number of hydrogen-bond acceptors (Lipinski definition) is 3. The van der Waals surface area contributed by atoms with Gasteiger partial charge in [-0.2, -0.15) is 5.26 Å². The molecular weight excluding hydrogens is 212 g/mol. The maximum atomic E-state index is 12.2. The smallest absolute Gasteiger partial charge is 0.195 e. The number of nitrogens with one attached hydrogen (secondary N) is 1. The van der Waals surface area contributed by atoms with Crippen LogP contribution in [0, 0.1) is 11.5 Å². The topological polar surface area (TPSA) is 52.9 Å². The molecule has 2 rings (SSSR count). The molecule has 0 unspecified atom stereocenters. The minimum absolute atomic E-state index is 0.0936. The molecule has 3 nitrogen and oxygen atoms in total. The van der Waals surface area contributed by atoms with E-state index in [4.69, 9.17) is 5.26 Å². The van der Waals surface area contributed by atoms with Crippen LogP contribution in [0.3, 0.4) is 0 Å². The highest BCUT2D eigenvalue weighted by Crippen LogP contribution is 2.18. The Morgan fingerprint density at radius 1 is 1.00 bits per heavy atom. The fourth-order valence-electron chi connectivity index (χ4n) is 1.60. The molecule has 1 N–H and O–H groups in total. The van der Waals surface area contributed by atoms with Crippen LogP contribution in [-0.2, 0) is 0 Å². The van der Waals surface area contributed by atoms with Gasteiger partial charge in [-0.15, -0.1) is 0 Å². The minimum atomic E-state index is -0.0936. The predicted molar refractivity (Wildman–Crippen MR) is 65.6 cm³/mol. The van der Waals surface area contributed by atoms with Gasteiger partial charge in [0.2, 0.25) is 0 Å². The van der Waals surface area contributed by atoms with Gasteiger partial charge in [0.05, 0.1) is 5.69 Å². The van der Waals surface area contributed by atoms with Gasteiger partial charge < -0.3 is 0 Å². The fourth-order valence-corrected chi connectivity index (χ4v) is 1.60. The Balaban J connectivity index is 2.42. The molecule has 0 bridgehead atoms. The van der Waals surface area contributed by atoms with Crippen molar-refractivity contribution in [2.75, 3.05) is 5.32 Å². The summed E-state index contributed by atoms with van der Waals surface area (Å²) >= 11 is 0. The Morgan fingerprint density at radius 3 is 2.35 bits per heavy atom. The number of anilines is 1. The van der Waals surface area contributed by atoms with Crippen molar-refractivity contribution in [1.29, 1.82) is 5.26 Å². The van der Waals surface area contributed by atoms with Crippen LogP contribution >= 0.6 is 0 Å². The van der Waals surface area contributed by atoms with E-state index in [0.717, 1.165) is 0 Å². The monoisotopic (exact) mass is 222 g/mol. The second-order valence-electron chi connectivity index (χ2n) is 3.48. The summed E-state index contributed by atoms with van der Waals surface area (Å²) in [6.45, 7) is 0. The van der Waals surface area contributed by atoms with Gasteiger partial charge in [-0.3, -0.25) is 10.1 Å². The molecule has 0 aliphatic carbocycles. The molecule has 82 valence electrons. The number of ketones is 1. The predicted octanol–water partition coefficient (Wildman–Crippen LogP) is 2.81. The molecule has 0 aliphatic heterocycles. The quantitative estimate of drug-likeness (QED) is 0.493. The molecule has 0 amide bonds. The van der Waals surface area contributed by atoms with E-state index in [-0.39, 0.29) is 5.78 Å². The van der Waals surface area contributed by atoms with Gasteiger partial charge in [0, 0.05) is 11.1 Å². The summed E-state index contributed by atoms with van der Waals surface area (Å²) in [7, 11) is 0. The molecule has 0 heterocycles. The third-order valence-corrected chi connectivity index (χ3v) is 2.40. The van der Waals surface area contributed by atoms with E-state index in [2.05, 4.69) is 5.32 Å². The number of hydrogen-bond donors (Lipinski definition) is 1. The first-order chi connectivity index (χ1) is 8.33. The Kier molecular flexibility index (Phi) is 3.18. The average molecular weight is 222 g/mol. The second kappa shape index (κ2) is 4.95. The van der Waals surface area contributed by atoms with E-state index < -0.39 is 0 Å². The molecule has 2 aromatic carbocycles. The molecular formula is C14H10N2O. The molecule has 0 saturated carbocycles. The van der Waals surface area contributed by atoms with Crippen LogP contribution in [0.1, 0.15) is 15.9 Å². The Hall–Kier alpha value is -2.60. The highest BCUT2D eigenvalue weighted by Gasteiger charge is 2.12. The minimum Gasteiger partial charge on any atom is -0.292 e. The first-order valence-corrected chi connectivity index (χ1v) is 5.17. The zero-order valence-corrected chi connectivity index (χ0v) is 9.05. The highest BCUT2D eigenvalue weighted by atomic mass is 16.1. The summed E-state index contributed by atoms with van der Waals surface area (Å²) in [6.07, 6.45) is 1.83. The Bertz CT molecular complexity index is 570. The summed E-state index contributed by atoms with van der Waals surface area (Å²) in [6, 6.07) is 16.0. The first-order valence-electron chi connectivity index (χ1n) is 5.17. The van der Waals surface area contributed by atoms with Crippen LogP contribution < -0.4 is 5.32 Å². The molecule has 0 atom stereocenters. The lowest BCUT2D eigenvalue weighted by Crippen LogP contribution is -2.04. The summed E-state index contributed by atoms with van der Waals surface area (Å²) in [5.41, 5.74) is 1.64. The van der Waals surface area contributed by atoms with Crippen molar-refractivity contribution < 1.29 is 4.79 Å². The molecule has 0 aliphatic rings. The van der Waals surface area contributed by atoms with Gasteiger partial charge in [0.25, 0.3) is 0 Å². The summed E-state index contributed by atoms with van der Waals surface area (Å²) in [4.78, 5) is 12.2. The summed E-state index contributed by atoms with van der Waals surface area (Å²) < 4.78 is 0. The van der Waals surface area contributed by atoms with Crippen LogP contribution in [-0.4, -0.2) is 5.78 Å². The van der Waals surface area contributed by atoms with E-state index in [1.165, 1.54) is 0 Å². The van der Waals surface area contributed by atoms with Gasteiger partial charge in [-0.25, -0.2) is 0 Å². The third kappa shape index (κ3) is 2.32. The van der Waals surface area contributed by atoms with Crippen LogP contribution in [0.4, 0.5) is 5.69 Å². The van der Waals surface area contributed by atoms with Gasteiger partial charge in [-0.1, -0.05) is 42.5 Å². The van der Waals surface area contributed by atoms with Crippen LogP contribution in [0.2, 0.25) is 0 Å². The molecule has 0 radical (unpaired) electrons. The number of carbonyl (C=O) groups excluding carboxylic acids is 1. The van der Waals surface area contributed by atoms with Crippen molar-refractivity contribution in [3.05, 3.63) is 65.7 Å². The number of carbonyl (C=O) groups is 1. The number of rotatable bonds is 3. The highest BCUT2D eigenvalue weighted by molar-refractivity contribution is 6.12. The number of para-hydroxylation sites is 1. The largest absolute Gasteiger partial charge is 0.292 e. The van der Waals surface area contributed by atoms with E-state index >= 15 is 0 Å². The van der Waals surface area contributed by atoms with E-state index in [0.29, 0.717) is 16.8 Å². The first kappa shape index (κ1) is 10.9. The van der Waals surface area contributed by atoms with E-state index in [1.54, 1.807) is 36.4 Å². The number of nitrogens with zero attached hydrogens (tertiary/aromatic N) is 1. The molecule has 0 saturated heterocycles. The standard InChI is InChI=1S/C14H10N2O/c15-10-16-13-9-5-4-8-12(13)14(17)11-6-2-1-3-7-11/h1-9,16H. The van der Waals surface area contributed by atoms with Crippen LogP contribution in [0.5, 0.6) is 0 Å². The zero-order valence-electron chi connectivity index (χ0n) is 9.05. The van der Waals surface area contributed by atoms with Crippen molar-refractivity contribution in [1.82, 2.24) is 0 Å². The maximum Gasteiger partial charge on any atom is 0.195 e. The maximum absolute atomic E-state index is 12.2. The third-order valence-electron chi connectivity index (χ3n) is 2.40. The number of nitriles is 1. The zero-order chi connectivity index (χ0) is 12.1. The van der Waals surface area contributed by atoms with E-state index in [1.807, 2.05) is 24.4 Å². The van der Waals surface area contributed by atoms with Gasteiger partial charge in [-0.05, 0) is 12.1 Å². The SMILES string of the molecule is N#CNc1ccccc1C(=O)c1ccccc1. The van der Waals surface area contributed by atoms with Gasteiger partial charge >= 0.3 is 0 Å². The Labute approximate surface area is 99.3 Å². The van der Waals surface area contributed by atoms with Crippen LogP contribution in [0.15, 0.2) is 54.6 Å². The number of benzene rings is 2. The van der Waals surface area contributed by atoms with Gasteiger partial charge in [0.15, 0.2) is 12.0 Å². The van der Waals surface area contributed by atoms with Crippen molar-refractivity contribution in [3.8, 4) is 6.19 Å². The van der Waals surface area contributed by atoms with Crippen molar-refractivity contribution in [3.63, 3.8) is 0 Å². The van der Waals surface area contributed by atoms with E-state index in [9.17, 15) is 4.79 Å². The molecule has 0 fully saturated rings. The molecule has 17 heavy (non-hydrogen) atoms. The molecule has 2 aromatic rings. The lowest BCUT2D eigenvalue weighted by Gasteiger charge is -2.06. The molecule has 0 aromatic heterocycles. The van der Waals surface area contributed by atoms with Gasteiger partial charge in [0.1, 0.15) is 0 Å². The lowest BCUT2D eigenvalue weighted by atomic mass is 10.0. The summed E-state index contributed by atoms with van der Waals surface area (Å²) in [5, 5.41) is 11.1. The Morgan fingerprint density at radius 2 is 1.65 bits per heavy atom. The van der Waals surface area contributed by atoms with Crippen molar-refractivity contribution >= 4 is 11.5 Å². The van der Waals surface area contributed by atoms with Crippen molar-refractivity contribution in [2.45, 2.75) is 0 Å². The summed E-state index contributed by atoms with van der Waals surface area (Å²) in [5.74, 6) is -0.0936. The average Bonchev–Trinajstić information content (AvgIpc) is 2.40. The lowest BCUT2D eigenvalue weighted by molar-refractivity contribution is 0.103. The van der Waals surface area contributed by atoms with Crippen molar-refractivity contribution in [2.24, 2.45) is 0 Å². The second-order valence-corrected chi connectivity index (χ2v) is 3.48.